The third kappa shape index (κ3) is 8.17. The molecule has 0 fully saturated rings. The molecule has 3 heteroatoms. The van der Waals surface area contributed by atoms with E-state index in [-0.39, 0.29) is 10.8 Å². The van der Waals surface area contributed by atoms with Gasteiger partial charge in [0, 0.05) is 6.42 Å². The molecule has 0 aliphatic carbocycles. The van der Waals surface area contributed by atoms with Gasteiger partial charge in [0.15, 0.2) is 14.1 Å². The summed E-state index contributed by atoms with van der Waals surface area (Å²) < 4.78 is 6.25. The van der Waals surface area contributed by atoms with Gasteiger partial charge in [0.25, 0.3) is 0 Å². The number of allylic oxidation sites excluding steroid dienone is 3. The van der Waals surface area contributed by atoms with E-state index >= 15 is 0 Å². The van der Waals surface area contributed by atoms with Crippen LogP contribution in [0.2, 0.25) is 18.1 Å². The van der Waals surface area contributed by atoms with Crippen LogP contribution in [0.5, 0.6) is 0 Å². The lowest BCUT2D eigenvalue weighted by molar-refractivity contribution is -0.114. The number of rotatable bonds is 9. The Balaban J connectivity index is 4.71. The second-order valence-electron chi connectivity index (χ2n) is 6.85. The molecule has 0 spiro atoms. The summed E-state index contributed by atoms with van der Waals surface area (Å²) in [5.74, 6) is 0.0929. The molecule has 21 heavy (non-hydrogen) atoms. The number of hydrogen-bond donors (Lipinski definition) is 0. The Bertz CT molecular complexity index is 398. The molecule has 0 aromatic carbocycles. The Kier molecular flexibility index (Phi) is 8.75. The van der Waals surface area contributed by atoms with Crippen molar-refractivity contribution in [3.05, 3.63) is 36.5 Å². The van der Waals surface area contributed by atoms with E-state index in [4.69, 9.17) is 4.43 Å². The summed E-state index contributed by atoms with van der Waals surface area (Å²) in [5, 5.41) is 0.214. The third-order valence-electron chi connectivity index (χ3n) is 4.00. The van der Waals surface area contributed by atoms with Gasteiger partial charge in [0.05, 0.1) is 6.61 Å². The van der Waals surface area contributed by atoms with E-state index in [0.29, 0.717) is 13.0 Å². The molecular weight excluding hydrogens is 276 g/mol. The van der Waals surface area contributed by atoms with E-state index in [1.165, 1.54) is 11.6 Å². The second-order valence-corrected chi connectivity index (χ2v) is 11.7. The van der Waals surface area contributed by atoms with Crippen molar-refractivity contribution in [1.29, 1.82) is 0 Å². The average Bonchev–Trinajstić information content (AvgIpc) is 2.39. The van der Waals surface area contributed by atoms with Crippen LogP contribution in [0.1, 0.15) is 47.0 Å². The van der Waals surface area contributed by atoms with E-state index in [0.717, 1.165) is 12.8 Å². The highest BCUT2D eigenvalue weighted by molar-refractivity contribution is 6.74. The van der Waals surface area contributed by atoms with Crippen LogP contribution in [-0.4, -0.2) is 20.7 Å². The van der Waals surface area contributed by atoms with Gasteiger partial charge in [-0.1, -0.05) is 52.5 Å². The maximum Gasteiger partial charge on any atom is 0.192 e. The van der Waals surface area contributed by atoms with Gasteiger partial charge >= 0.3 is 0 Å². The van der Waals surface area contributed by atoms with E-state index in [1.807, 2.05) is 0 Å². The first-order valence-electron chi connectivity index (χ1n) is 7.79. The van der Waals surface area contributed by atoms with E-state index < -0.39 is 8.32 Å². The topological polar surface area (TPSA) is 26.3 Å². The summed E-state index contributed by atoms with van der Waals surface area (Å²) in [6.07, 6.45) is 10.0. The predicted molar refractivity (Wildman–Crippen MR) is 95.1 cm³/mol. The number of carbonyl (C=O) groups excluding carboxylic acids is 1. The van der Waals surface area contributed by atoms with Crippen LogP contribution < -0.4 is 0 Å². The summed E-state index contributed by atoms with van der Waals surface area (Å²) in [6.45, 7) is 17.5. The minimum atomic E-state index is -1.73. The molecule has 0 heterocycles. The van der Waals surface area contributed by atoms with Crippen molar-refractivity contribution in [1.82, 2.24) is 0 Å². The Morgan fingerprint density at radius 3 is 2.38 bits per heavy atom. The molecular formula is C18H32O2Si. The fraction of sp³-hybridized carbons (Fsp3) is 0.611. The second kappa shape index (κ2) is 9.16. The molecule has 0 saturated carbocycles. The van der Waals surface area contributed by atoms with Crippen molar-refractivity contribution in [2.75, 3.05) is 6.61 Å². The maximum absolute atomic E-state index is 11.3. The first-order valence-corrected chi connectivity index (χ1v) is 10.7. The van der Waals surface area contributed by atoms with Gasteiger partial charge in [0.2, 0.25) is 0 Å². The number of ketones is 1. The summed E-state index contributed by atoms with van der Waals surface area (Å²) in [7, 11) is -1.73. The third-order valence-corrected chi connectivity index (χ3v) is 8.48. The molecule has 0 saturated heterocycles. The molecule has 120 valence electrons. The lowest BCUT2D eigenvalue weighted by Gasteiger charge is -2.36. The van der Waals surface area contributed by atoms with Crippen molar-refractivity contribution >= 4 is 14.1 Å². The van der Waals surface area contributed by atoms with Gasteiger partial charge in [-0.25, -0.2) is 0 Å². The Morgan fingerprint density at radius 1 is 1.29 bits per heavy atom. The van der Waals surface area contributed by atoms with Crippen LogP contribution in [0.15, 0.2) is 36.5 Å². The van der Waals surface area contributed by atoms with Crippen LogP contribution >= 0.6 is 0 Å². The molecule has 0 aromatic heterocycles. The molecule has 0 aliphatic heterocycles. The van der Waals surface area contributed by atoms with Crippen molar-refractivity contribution in [3.8, 4) is 0 Å². The molecule has 0 atom stereocenters. The maximum atomic E-state index is 11.3. The lowest BCUT2D eigenvalue weighted by atomic mass is 10.1. The Morgan fingerprint density at radius 2 is 1.90 bits per heavy atom. The molecule has 2 nitrogen and oxygen atoms in total. The largest absolute Gasteiger partial charge is 0.413 e. The monoisotopic (exact) mass is 308 g/mol. The first-order chi connectivity index (χ1) is 9.64. The van der Waals surface area contributed by atoms with Crippen molar-refractivity contribution in [2.45, 2.75) is 65.1 Å². The molecule has 0 aliphatic rings. The van der Waals surface area contributed by atoms with Crippen LogP contribution in [-0.2, 0) is 9.22 Å². The smallest absolute Gasteiger partial charge is 0.192 e. The minimum absolute atomic E-state index is 0.0929. The molecule has 0 unspecified atom stereocenters. The normalized spacial score (nSPS) is 13.7. The lowest BCUT2D eigenvalue weighted by Crippen LogP contribution is -2.41. The first kappa shape index (κ1) is 20.1. The van der Waals surface area contributed by atoms with Crippen LogP contribution in [0.4, 0.5) is 0 Å². The van der Waals surface area contributed by atoms with Gasteiger partial charge in [-0.2, -0.15) is 0 Å². The molecule has 0 amide bonds. The zero-order valence-electron chi connectivity index (χ0n) is 14.7. The fourth-order valence-electron chi connectivity index (χ4n) is 1.43. The Labute approximate surface area is 132 Å². The van der Waals surface area contributed by atoms with Crippen LogP contribution in [0.3, 0.4) is 0 Å². The highest BCUT2D eigenvalue weighted by Gasteiger charge is 2.37. The van der Waals surface area contributed by atoms with Crippen molar-refractivity contribution in [3.63, 3.8) is 0 Å². The fourth-order valence-corrected chi connectivity index (χ4v) is 2.39. The van der Waals surface area contributed by atoms with Gasteiger partial charge in [-0.3, -0.25) is 4.79 Å². The zero-order valence-corrected chi connectivity index (χ0v) is 15.7. The molecule has 0 aromatic rings. The summed E-state index contributed by atoms with van der Waals surface area (Å²) in [5.41, 5.74) is 1.17. The number of hydrogen-bond acceptors (Lipinski definition) is 2. The van der Waals surface area contributed by atoms with E-state index in [1.54, 1.807) is 0 Å². The van der Waals surface area contributed by atoms with Gasteiger partial charge in [0.1, 0.15) is 0 Å². The quantitative estimate of drug-likeness (QED) is 0.322. The molecule has 0 N–H and O–H groups in total. The number of carbonyl (C=O) groups is 1. The average molecular weight is 309 g/mol. The summed E-state index contributed by atoms with van der Waals surface area (Å²) in [6, 6.07) is 0. The standard InChI is InChI=1S/C18H32O2Si/c1-8-10-12-16(13-11-14-17(19)9-2)15-20-21(6,7)18(3,4)5/h9-10,12-13H,2,8,11,14-15H2,1,3-7H3/b12-10+,16-13-. The summed E-state index contributed by atoms with van der Waals surface area (Å²) >= 11 is 0. The SMILES string of the molecule is C=CC(=O)CC/C=C(/C=C/CC)CO[Si](C)(C)C(C)(C)C. The van der Waals surface area contributed by atoms with Crippen molar-refractivity contribution < 1.29 is 9.22 Å². The van der Waals surface area contributed by atoms with Crippen LogP contribution in [0.25, 0.3) is 0 Å². The highest BCUT2D eigenvalue weighted by Crippen LogP contribution is 2.36. The Hall–Kier alpha value is -0.933. The highest BCUT2D eigenvalue weighted by atomic mass is 28.4. The predicted octanol–water partition coefficient (Wildman–Crippen LogP) is 5.44. The van der Waals surface area contributed by atoms with Crippen molar-refractivity contribution in [2.24, 2.45) is 0 Å². The zero-order chi connectivity index (χ0) is 16.5. The van der Waals surface area contributed by atoms with E-state index in [2.05, 4.69) is 65.6 Å². The molecule has 0 rings (SSSR count). The minimum Gasteiger partial charge on any atom is -0.413 e. The molecule has 0 radical (unpaired) electrons. The van der Waals surface area contributed by atoms with Gasteiger partial charge in [-0.05, 0) is 42.6 Å². The molecule has 0 bridgehead atoms. The van der Waals surface area contributed by atoms with Gasteiger partial charge in [-0.15, -0.1) is 0 Å². The van der Waals surface area contributed by atoms with Gasteiger partial charge < -0.3 is 4.43 Å². The summed E-state index contributed by atoms with van der Waals surface area (Å²) in [4.78, 5) is 11.3. The van der Waals surface area contributed by atoms with E-state index in [9.17, 15) is 4.79 Å². The van der Waals surface area contributed by atoms with Crippen LogP contribution in [0, 0.1) is 0 Å².